The molecular formula is C13H19N5. The molecule has 1 aliphatic heterocycles. The number of hydrogen-bond donors (Lipinski definition) is 3. The smallest absolute Gasteiger partial charge is 0.131 e. The first-order chi connectivity index (χ1) is 8.67. The summed E-state index contributed by atoms with van der Waals surface area (Å²) in [6.07, 6.45) is 3.59. The van der Waals surface area contributed by atoms with Crippen molar-refractivity contribution in [2.24, 2.45) is 5.73 Å². The molecule has 0 aromatic carbocycles. The molecule has 1 aliphatic rings. The predicted octanol–water partition coefficient (Wildman–Crippen LogP) is 1.19. The van der Waals surface area contributed by atoms with E-state index >= 15 is 0 Å². The van der Waals surface area contributed by atoms with Crippen LogP contribution in [0.25, 0.3) is 5.57 Å². The number of rotatable bonds is 3. The maximum absolute atomic E-state index is 7.44. The van der Waals surface area contributed by atoms with E-state index in [-0.39, 0.29) is 5.92 Å². The Morgan fingerprint density at radius 2 is 2.22 bits per heavy atom. The van der Waals surface area contributed by atoms with Crippen molar-refractivity contribution in [1.82, 2.24) is 15.3 Å². The lowest BCUT2D eigenvalue weighted by Crippen LogP contribution is -2.27. The van der Waals surface area contributed by atoms with Crippen LogP contribution in [0.5, 0.6) is 0 Å². The third kappa shape index (κ3) is 2.26. The van der Waals surface area contributed by atoms with Crippen molar-refractivity contribution in [2.45, 2.75) is 32.7 Å². The highest BCUT2D eigenvalue weighted by molar-refractivity contribution is 6.07. The van der Waals surface area contributed by atoms with Gasteiger partial charge in [0.15, 0.2) is 0 Å². The summed E-state index contributed by atoms with van der Waals surface area (Å²) in [4.78, 5) is 9.21. The molecular weight excluding hydrogens is 226 g/mol. The number of aromatic nitrogens is 2. The fourth-order valence-corrected chi connectivity index (χ4v) is 2.05. The van der Waals surface area contributed by atoms with Crippen molar-refractivity contribution in [3.8, 4) is 0 Å². The third-order valence-electron chi connectivity index (χ3n) is 3.08. The summed E-state index contributed by atoms with van der Waals surface area (Å²) in [5.74, 6) is 1.10. The zero-order valence-corrected chi connectivity index (χ0v) is 10.8. The molecule has 1 aromatic heterocycles. The minimum atomic E-state index is 0.272. The van der Waals surface area contributed by atoms with Crippen molar-refractivity contribution in [3.05, 3.63) is 29.0 Å². The van der Waals surface area contributed by atoms with Gasteiger partial charge in [-0.1, -0.05) is 13.8 Å². The number of fused-ring (bicyclic) bond motifs is 1. The van der Waals surface area contributed by atoms with Gasteiger partial charge < -0.3 is 16.5 Å². The highest BCUT2D eigenvalue weighted by atomic mass is 15.0. The Bertz CT molecular complexity index is 490. The molecule has 0 fully saturated rings. The van der Waals surface area contributed by atoms with E-state index in [1.807, 2.05) is 0 Å². The number of nitrogens with two attached hydrogens (primary N) is 1. The molecule has 0 atom stereocenters. The van der Waals surface area contributed by atoms with Gasteiger partial charge in [-0.25, -0.2) is 9.97 Å². The van der Waals surface area contributed by atoms with E-state index in [0.717, 1.165) is 42.3 Å². The fraction of sp³-hybridized carbons (Fsp3) is 0.462. The van der Waals surface area contributed by atoms with Crippen LogP contribution in [0.3, 0.4) is 0 Å². The predicted molar refractivity (Wildman–Crippen MR) is 72.5 cm³/mol. The van der Waals surface area contributed by atoms with E-state index in [9.17, 15) is 0 Å². The molecule has 0 saturated heterocycles. The molecule has 96 valence electrons. The van der Waals surface area contributed by atoms with E-state index in [4.69, 9.17) is 11.1 Å². The van der Waals surface area contributed by atoms with Crippen LogP contribution in [0.4, 0.5) is 0 Å². The summed E-state index contributed by atoms with van der Waals surface area (Å²) >= 11 is 0. The van der Waals surface area contributed by atoms with Crippen LogP contribution in [0.1, 0.15) is 42.5 Å². The van der Waals surface area contributed by atoms with Crippen molar-refractivity contribution in [2.75, 3.05) is 6.54 Å². The topological polar surface area (TPSA) is 87.7 Å². The van der Waals surface area contributed by atoms with Crippen LogP contribution >= 0.6 is 0 Å². The van der Waals surface area contributed by atoms with Gasteiger partial charge in [-0.2, -0.15) is 0 Å². The van der Waals surface area contributed by atoms with Crippen molar-refractivity contribution in [1.29, 1.82) is 5.41 Å². The summed E-state index contributed by atoms with van der Waals surface area (Å²) in [5, 5.41) is 10.7. The van der Waals surface area contributed by atoms with E-state index in [0.29, 0.717) is 5.57 Å². The first-order valence-electron chi connectivity index (χ1n) is 6.20. The van der Waals surface area contributed by atoms with Crippen molar-refractivity contribution in [3.63, 3.8) is 0 Å². The van der Waals surface area contributed by atoms with E-state index < -0.39 is 0 Å². The van der Waals surface area contributed by atoms with Gasteiger partial charge in [-0.15, -0.1) is 0 Å². The minimum absolute atomic E-state index is 0.272. The molecule has 2 heterocycles. The van der Waals surface area contributed by atoms with Gasteiger partial charge in [0.05, 0.1) is 11.4 Å². The standard InChI is InChI=1S/C13H19N5/c1-8(2)13-17-11-3-4-16-7-10(11)12(18-13)9(5-14)6-15/h5-6,8,14,16H,3-4,7,15H2,1-2H3/b9-6+,14-5?. The second-order valence-corrected chi connectivity index (χ2v) is 4.70. The second kappa shape index (κ2) is 5.27. The summed E-state index contributed by atoms with van der Waals surface area (Å²) in [6.45, 7) is 5.83. The highest BCUT2D eigenvalue weighted by Gasteiger charge is 2.19. The van der Waals surface area contributed by atoms with Gasteiger partial charge in [0.2, 0.25) is 0 Å². The average Bonchev–Trinajstić information content (AvgIpc) is 2.39. The Morgan fingerprint density at radius 1 is 1.44 bits per heavy atom. The van der Waals surface area contributed by atoms with E-state index in [1.54, 1.807) is 0 Å². The molecule has 0 spiro atoms. The van der Waals surface area contributed by atoms with Gasteiger partial charge in [0, 0.05) is 49.0 Å². The van der Waals surface area contributed by atoms with Gasteiger partial charge >= 0.3 is 0 Å². The van der Waals surface area contributed by atoms with Gasteiger partial charge in [0.1, 0.15) is 5.82 Å². The van der Waals surface area contributed by atoms with Crippen LogP contribution in [0.2, 0.25) is 0 Å². The summed E-state index contributed by atoms with van der Waals surface area (Å²) in [6, 6.07) is 0. The van der Waals surface area contributed by atoms with E-state index in [1.165, 1.54) is 12.4 Å². The lowest BCUT2D eigenvalue weighted by molar-refractivity contribution is 0.611. The average molecular weight is 245 g/mol. The van der Waals surface area contributed by atoms with Crippen molar-refractivity contribution >= 4 is 11.8 Å². The molecule has 4 N–H and O–H groups in total. The van der Waals surface area contributed by atoms with Crippen LogP contribution in [0, 0.1) is 5.41 Å². The number of hydrogen-bond acceptors (Lipinski definition) is 5. The van der Waals surface area contributed by atoms with Gasteiger partial charge in [0.25, 0.3) is 0 Å². The molecule has 5 heteroatoms. The molecule has 0 saturated carbocycles. The number of allylic oxidation sites excluding steroid dienone is 1. The fourth-order valence-electron chi connectivity index (χ4n) is 2.05. The number of nitrogens with zero attached hydrogens (tertiary/aromatic N) is 2. The zero-order chi connectivity index (χ0) is 13.1. The first-order valence-corrected chi connectivity index (χ1v) is 6.20. The Hall–Kier alpha value is -1.75. The molecule has 5 nitrogen and oxygen atoms in total. The summed E-state index contributed by atoms with van der Waals surface area (Å²) in [5.41, 5.74) is 9.19. The molecule has 1 aromatic rings. The Balaban J connectivity index is 2.61. The molecule has 0 radical (unpaired) electrons. The maximum atomic E-state index is 7.44. The van der Waals surface area contributed by atoms with Crippen molar-refractivity contribution < 1.29 is 0 Å². The third-order valence-corrected chi connectivity index (χ3v) is 3.08. The Morgan fingerprint density at radius 3 is 2.83 bits per heavy atom. The van der Waals surface area contributed by atoms with Crippen LogP contribution in [0.15, 0.2) is 6.20 Å². The SMILES string of the molecule is CC(C)c1nc2c(c(/C(C=N)=C/N)n1)CNCC2. The normalized spacial score (nSPS) is 15.6. The Kier molecular flexibility index (Phi) is 3.72. The van der Waals surface area contributed by atoms with Gasteiger partial charge in [-0.05, 0) is 0 Å². The molecule has 18 heavy (non-hydrogen) atoms. The zero-order valence-electron chi connectivity index (χ0n) is 10.8. The highest BCUT2D eigenvalue weighted by Crippen LogP contribution is 2.23. The summed E-state index contributed by atoms with van der Waals surface area (Å²) in [7, 11) is 0. The minimum Gasteiger partial charge on any atom is -0.404 e. The lowest BCUT2D eigenvalue weighted by atomic mass is 10.0. The molecule has 2 rings (SSSR count). The van der Waals surface area contributed by atoms with Gasteiger partial charge in [-0.3, -0.25) is 0 Å². The second-order valence-electron chi connectivity index (χ2n) is 4.70. The monoisotopic (exact) mass is 245 g/mol. The van der Waals surface area contributed by atoms with E-state index in [2.05, 4.69) is 29.1 Å². The molecule has 0 bridgehead atoms. The quantitative estimate of drug-likeness (QED) is 0.698. The molecule has 0 aliphatic carbocycles. The summed E-state index contributed by atoms with van der Waals surface area (Å²) < 4.78 is 0. The first kappa shape index (κ1) is 12.7. The largest absolute Gasteiger partial charge is 0.404 e. The Labute approximate surface area is 107 Å². The lowest BCUT2D eigenvalue weighted by Gasteiger charge is -2.21. The van der Waals surface area contributed by atoms with Crippen LogP contribution in [-0.2, 0) is 13.0 Å². The number of nitrogens with one attached hydrogen (secondary N) is 2. The maximum Gasteiger partial charge on any atom is 0.131 e. The van der Waals surface area contributed by atoms with Crippen LogP contribution < -0.4 is 11.1 Å². The molecule has 0 amide bonds. The molecule has 0 unspecified atom stereocenters. The van der Waals surface area contributed by atoms with Crippen LogP contribution in [-0.4, -0.2) is 22.7 Å².